The van der Waals surface area contributed by atoms with Crippen LogP contribution < -0.4 is 0 Å². The molecule has 0 saturated carbocycles. The van der Waals surface area contributed by atoms with Crippen molar-refractivity contribution in [1.29, 1.82) is 0 Å². The van der Waals surface area contributed by atoms with Crippen LogP contribution in [0.25, 0.3) is 16.9 Å². The van der Waals surface area contributed by atoms with Gasteiger partial charge in [-0.1, -0.05) is 30.3 Å². The molecule has 3 rings (SSSR count). The summed E-state index contributed by atoms with van der Waals surface area (Å²) in [6, 6.07) is 15.4. The molecule has 5 heteroatoms. The Morgan fingerprint density at radius 1 is 1.13 bits per heavy atom. The Labute approximate surface area is 133 Å². The van der Waals surface area contributed by atoms with Crippen LogP contribution in [0.4, 0.5) is 4.39 Å². The highest BCUT2D eigenvalue weighted by atomic mass is 19.1. The van der Waals surface area contributed by atoms with Crippen LogP contribution >= 0.6 is 0 Å². The van der Waals surface area contributed by atoms with Gasteiger partial charge in [-0.05, 0) is 31.2 Å². The van der Waals surface area contributed by atoms with Crippen molar-refractivity contribution in [2.75, 3.05) is 6.61 Å². The van der Waals surface area contributed by atoms with Gasteiger partial charge in [-0.25, -0.2) is 13.9 Å². The third-order valence-corrected chi connectivity index (χ3v) is 3.38. The first kappa shape index (κ1) is 15.0. The molecule has 116 valence electrons. The zero-order valence-electron chi connectivity index (χ0n) is 12.6. The van der Waals surface area contributed by atoms with Crippen LogP contribution in [0.2, 0.25) is 0 Å². The molecule has 0 bridgehead atoms. The molecule has 0 aliphatic carbocycles. The largest absolute Gasteiger partial charge is 0.462 e. The second kappa shape index (κ2) is 6.44. The number of rotatable bonds is 4. The summed E-state index contributed by atoms with van der Waals surface area (Å²) in [5.74, 6) is -0.757. The van der Waals surface area contributed by atoms with E-state index >= 15 is 0 Å². The van der Waals surface area contributed by atoms with Crippen LogP contribution in [0.1, 0.15) is 17.3 Å². The van der Waals surface area contributed by atoms with Crippen LogP contribution in [0.15, 0.2) is 60.8 Å². The van der Waals surface area contributed by atoms with E-state index in [1.807, 2.05) is 30.3 Å². The van der Waals surface area contributed by atoms with E-state index in [4.69, 9.17) is 4.74 Å². The van der Waals surface area contributed by atoms with Gasteiger partial charge >= 0.3 is 5.97 Å². The third-order valence-electron chi connectivity index (χ3n) is 3.38. The zero-order chi connectivity index (χ0) is 16.2. The number of esters is 1. The number of halogens is 1. The summed E-state index contributed by atoms with van der Waals surface area (Å²) in [4.78, 5) is 12.2. The minimum atomic E-state index is -0.431. The average Bonchev–Trinajstić information content (AvgIpc) is 3.01. The molecule has 0 N–H and O–H groups in total. The van der Waals surface area contributed by atoms with E-state index in [1.54, 1.807) is 23.7 Å². The van der Waals surface area contributed by atoms with E-state index < -0.39 is 5.97 Å². The van der Waals surface area contributed by atoms with Gasteiger partial charge in [0.2, 0.25) is 0 Å². The predicted molar refractivity (Wildman–Crippen MR) is 84.9 cm³/mol. The highest BCUT2D eigenvalue weighted by Crippen LogP contribution is 2.27. The Morgan fingerprint density at radius 3 is 2.48 bits per heavy atom. The smallest absolute Gasteiger partial charge is 0.342 e. The van der Waals surface area contributed by atoms with Gasteiger partial charge < -0.3 is 4.74 Å². The maximum absolute atomic E-state index is 13.2. The lowest BCUT2D eigenvalue weighted by atomic mass is 10.1. The third kappa shape index (κ3) is 2.99. The van der Waals surface area contributed by atoms with Gasteiger partial charge in [-0.15, -0.1) is 0 Å². The standard InChI is InChI=1S/C18H15FN2O2/c1-2-23-18(22)16-12-20-21(15-10-8-14(19)9-11-15)17(16)13-6-4-3-5-7-13/h3-12H,2H2,1H3. The summed E-state index contributed by atoms with van der Waals surface area (Å²) in [6.07, 6.45) is 1.48. The Hall–Kier alpha value is -2.95. The van der Waals surface area contributed by atoms with E-state index in [0.717, 1.165) is 5.56 Å². The number of aromatic nitrogens is 2. The summed E-state index contributed by atoms with van der Waals surface area (Å²) in [5.41, 5.74) is 2.50. The lowest BCUT2D eigenvalue weighted by molar-refractivity contribution is 0.0527. The van der Waals surface area contributed by atoms with Crippen molar-refractivity contribution in [3.63, 3.8) is 0 Å². The molecular weight excluding hydrogens is 295 g/mol. The highest BCUT2D eigenvalue weighted by molar-refractivity contribution is 5.96. The molecule has 1 heterocycles. The molecule has 3 aromatic rings. The fourth-order valence-electron chi connectivity index (χ4n) is 2.36. The van der Waals surface area contributed by atoms with E-state index in [0.29, 0.717) is 16.9 Å². The Balaban J connectivity index is 2.17. The number of benzene rings is 2. The number of carbonyl (C=O) groups is 1. The SMILES string of the molecule is CCOC(=O)c1cnn(-c2ccc(F)cc2)c1-c1ccccc1. The van der Waals surface area contributed by atoms with Gasteiger partial charge in [0.25, 0.3) is 0 Å². The molecule has 0 fully saturated rings. The fourth-order valence-corrected chi connectivity index (χ4v) is 2.36. The lowest BCUT2D eigenvalue weighted by Gasteiger charge is -2.10. The van der Waals surface area contributed by atoms with Crippen LogP contribution in [0.5, 0.6) is 0 Å². The molecule has 0 saturated heterocycles. The number of carbonyl (C=O) groups excluding carboxylic acids is 1. The van der Waals surface area contributed by atoms with Gasteiger partial charge in [0, 0.05) is 5.56 Å². The van der Waals surface area contributed by atoms with E-state index in [2.05, 4.69) is 5.10 Å². The van der Waals surface area contributed by atoms with Crippen LogP contribution in [0, 0.1) is 5.82 Å². The monoisotopic (exact) mass is 310 g/mol. The van der Waals surface area contributed by atoms with Crippen molar-refractivity contribution in [2.24, 2.45) is 0 Å². The highest BCUT2D eigenvalue weighted by Gasteiger charge is 2.20. The second-order valence-electron chi connectivity index (χ2n) is 4.88. The van der Waals surface area contributed by atoms with Crippen LogP contribution in [-0.2, 0) is 4.74 Å². The molecule has 0 amide bonds. The van der Waals surface area contributed by atoms with Crippen molar-refractivity contribution in [2.45, 2.75) is 6.92 Å². The molecule has 0 unspecified atom stereocenters. The number of nitrogens with zero attached hydrogens (tertiary/aromatic N) is 2. The quantitative estimate of drug-likeness (QED) is 0.687. The molecule has 0 aliphatic heterocycles. The minimum Gasteiger partial charge on any atom is -0.462 e. The van der Waals surface area contributed by atoms with Crippen LogP contribution in [0.3, 0.4) is 0 Å². The maximum atomic E-state index is 13.2. The molecule has 0 aliphatic rings. The lowest BCUT2D eigenvalue weighted by Crippen LogP contribution is -2.07. The number of hydrogen-bond acceptors (Lipinski definition) is 3. The topological polar surface area (TPSA) is 44.1 Å². The molecular formula is C18H15FN2O2. The predicted octanol–water partition coefficient (Wildman–Crippen LogP) is 3.86. The first-order valence-corrected chi connectivity index (χ1v) is 7.27. The number of ether oxygens (including phenoxy) is 1. The van der Waals surface area contributed by atoms with Crippen molar-refractivity contribution in [3.05, 3.63) is 72.2 Å². The van der Waals surface area contributed by atoms with Gasteiger partial charge in [-0.3, -0.25) is 0 Å². The summed E-state index contributed by atoms with van der Waals surface area (Å²) in [7, 11) is 0. The van der Waals surface area contributed by atoms with E-state index in [1.165, 1.54) is 18.3 Å². The Kier molecular flexibility index (Phi) is 4.19. The zero-order valence-corrected chi connectivity index (χ0v) is 12.6. The van der Waals surface area contributed by atoms with Crippen molar-refractivity contribution in [1.82, 2.24) is 9.78 Å². The fraction of sp³-hybridized carbons (Fsp3) is 0.111. The van der Waals surface area contributed by atoms with Crippen molar-refractivity contribution >= 4 is 5.97 Å². The van der Waals surface area contributed by atoms with Crippen molar-refractivity contribution < 1.29 is 13.9 Å². The van der Waals surface area contributed by atoms with Crippen LogP contribution in [-0.4, -0.2) is 22.4 Å². The minimum absolute atomic E-state index is 0.286. The molecule has 23 heavy (non-hydrogen) atoms. The Bertz CT molecular complexity index is 811. The second-order valence-corrected chi connectivity index (χ2v) is 4.88. The van der Waals surface area contributed by atoms with Gasteiger partial charge in [-0.2, -0.15) is 5.10 Å². The molecule has 0 radical (unpaired) electrons. The normalized spacial score (nSPS) is 10.5. The maximum Gasteiger partial charge on any atom is 0.342 e. The van der Waals surface area contributed by atoms with Gasteiger partial charge in [0.1, 0.15) is 11.4 Å². The van der Waals surface area contributed by atoms with Gasteiger partial charge in [0.05, 0.1) is 24.2 Å². The summed E-state index contributed by atoms with van der Waals surface area (Å²) >= 11 is 0. The van der Waals surface area contributed by atoms with Gasteiger partial charge in [0.15, 0.2) is 0 Å². The first-order valence-electron chi connectivity index (χ1n) is 7.27. The number of hydrogen-bond donors (Lipinski definition) is 0. The van der Waals surface area contributed by atoms with E-state index in [-0.39, 0.29) is 12.4 Å². The Morgan fingerprint density at radius 2 is 1.83 bits per heavy atom. The summed E-state index contributed by atoms with van der Waals surface area (Å²) in [6.45, 7) is 2.04. The average molecular weight is 310 g/mol. The van der Waals surface area contributed by atoms with E-state index in [9.17, 15) is 9.18 Å². The first-order chi connectivity index (χ1) is 11.2. The molecule has 1 aromatic heterocycles. The molecule has 0 spiro atoms. The summed E-state index contributed by atoms with van der Waals surface area (Å²) < 4.78 is 19.9. The molecule has 2 aromatic carbocycles. The molecule has 4 nitrogen and oxygen atoms in total. The summed E-state index contributed by atoms with van der Waals surface area (Å²) in [5, 5.41) is 4.29. The van der Waals surface area contributed by atoms with Crippen molar-refractivity contribution in [3.8, 4) is 16.9 Å². The molecule has 0 atom stereocenters.